The highest BCUT2D eigenvalue weighted by molar-refractivity contribution is 6.00. The van der Waals surface area contributed by atoms with Crippen molar-refractivity contribution >= 4 is 23.4 Å². The number of rotatable bonds is 4. The third kappa shape index (κ3) is 4.05. The highest BCUT2D eigenvalue weighted by Gasteiger charge is 2.09. The van der Waals surface area contributed by atoms with Gasteiger partial charge in [-0.2, -0.15) is 0 Å². The number of urea groups is 1. The van der Waals surface area contributed by atoms with Crippen LogP contribution in [0.3, 0.4) is 0 Å². The number of benzene rings is 2. The molecule has 0 spiro atoms. The number of anilines is 2. The molecule has 114 valence electrons. The molecule has 22 heavy (non-hydrogen) atoms. The van der Waals surface area contributed by atoms with E-state index in [2.05, 4.69) is 10.6 Å². The van der Waals surface area contributed by atoms with Gasteiger partial charge in [-0.1, -0.05) is 24.3 Å². The quantitative estimate of drug-likeness (QED) is 0.810. The molecule has 2 aromatic carbocycles. The Labute approximate surface area is 126 Å². The molecule has 0 aliphatic heterocycles. The number of hydrogen-bond donors (Lipinski definition) is 3. The summed E-state index contributed by atoms with van der Waals surface area (Å²) < 4.78 is 13.4. The van der Waals surface area contributed by atoms with E-state index in [0.29, 0.717) is 11.3 Å². The van der Waals surface area contributed by atoms with Gasteiger partial charge in [0.2, 0.25) is 0 Å². The number of carbonyl (C=O) groups excluding carboxylic acids is 1. The van der Waals surface area contributed by atoms with Gasteiger partial charge >= 0.3 is 12.0 Å². The number of halogens is 1. The maximum absolute atomic E-state index is 13.4. The second-order valence-electron chi connectivity index (χ2n) is 4.78. The lowest BCUT2D eigenvalue weighted by Crippen LogP contribution is -2.20. The zero-order valence-electron chi connectivity index (χ0n) is 11.9. The lowest BCUT2D eigenvalue weighted by Gasteiger charge is -2.11. The van der Waals surface area contributed by atoms with Crippen LogP contribution in [0.2, 0.25) is 0 Å². The molecule has 0 heterocycles. The first-order chi connectivity index (χ1) is 10.5. The fraction of sp³-hybridized carbons (Fsp3) is 0.125. The van der Waals surface area contributed by atoms with Gasteiger partial charge in [0.1, 0.15) is 5.82 Å². The maximum atomic E-state index is 13.4. The summed E-state index contributed by atoms with van der Waals surface area (Å²) in [6.45, 7) is 1.75. The lowest BCUT2D eigenvalue weighted by atomic mass is 10.1. The van der Waals surface area contributed by atoms with E-state index < -0.39 is 17.8 Å². The molecule has 2 rings (SSSR count). The van der Waals surface area contributed by atoms with Gasteiger partial charge in [0.05, 0.1) is 12.1 Å². The third-order valence-corrected chi connectivity index (χ3v) is 3.02. The number of carboxylic acids is 1. The first-order valence-corrected chi connectivity index (χ1v) is 6.59. The standard InChI is InChI=1S/C16H15FN2O3/c1-10-8-11(9-15(20)21)6-7-13(10)18-16(22)19-14-5-3-2-4-12(14)17/h2-8H,9H2,1H3,(H,20,21)(H2,18,19,22). The number of para-hydroxylation sites is 1. The van der Waals surface area contributed by atoms with Crippen LogP contribution in [0.25, 0.3) is 0 Å². The zero-order chi connectivity index (χ0) is 16.1. The van der Waals surface area contributed by atoms with Crippen molar-refractivity contribution in [1.82, 2.24) is 0 Å². The number of hydrogen-bond acceptors (Lipinski definition) is 2. The van der Waals surface area contributed by atoms with Crippen LogP contribution in [0.1, 0.15) is 11.1 Å². The van der Waals surface area contributed by atoms with Crippen LogP contribution in [-0.2, 0) is 11.2 Å². The average Bonchev–Trinajstić information content (AvgIpc) is 2.44. The molecule has 3 N–H and O–H groups in total. The van der Waals surface area contributed by atoms with Crippen LogP contribution in [0, 0.1) is 12.7 Å². The van der Waals surface area contributed by atoms with Crippen molar-refractivity contribution in [3.05, 3.63) is 59.4 Å². The molecule has 0 radical (unpaired) electrons. The smallest absolute Gasteiger partial charge is 0.323 e. The Balaban J connectivity index is 2.05. The summed E-state index contributed by atoms with van der Waals surface area (Å²) in [7, 11) is 0. The molecule has 0 atom stereocenters. The molecule has 0 fully saturated rings. The van der Waals surface area contributed by atoms with Gasteiger partial charge in [0.25, 0.3) is 0 Å². The van der Waals surface area contributed by atoms with Crippen LogP contribution in [0.5, 0.6) is 0 Å². The van der Waals surface area contributed by atoms with Gasteiger partial charge in [-0.25, -0.2) is 9.18 Å². The van der Waals surface area contributed by atoms with Gasteiger partial charge in [0.15, 0.2) is 0 Å². The van der Waals surface area contributed by atoms with E-state index in [1.165, 1.54) is 18.2 Å². The predicted octanol–water partition coefficient (Wildman–Crippen LogP) is 3.41. The third-order valence-electron chi connectivity index (χ3n) is 3.02. The van der Waals surface area contributed by atoms with E-state index >= 15 is 0 Å². The van der Waals surface area contributed by atoms with Crippen molar-refractivity contribution < 1.29 is 19.1 Å². The van der Waals surface area contributed by atoms with E-state index in [1.54, 1.807) is 31.2 Å². The molecule has 0 aromatic heterocycles. The van der Waals surface area contributed by atoms with Crippen molar-refractivity contribution in [1.29, 1.82) is 0 Å². The summed E-state index contributed by atoms with van der Waals surface area (Å²) in [5, 5.41) is 13.8. The second-order valence-corrected chi connectivity index (χ2v) is 4.78. The van der Waals surface area contributed by atoms with E-state index in [4.69, 9.17) is 5.11 Å². The fourth-order valence-corrected chi connectivity index (χ4v) is 1.99. The Bertz CT molecular complexity index is 716. The summed E-state index contributed by atoms with van der Waals surface area (Å²) in [4.78, 5) is 22.5. The van der Waals surface area contributed by atoms with Crippen LogP contribution in [0.15, 0.2) is 42.5 Å². The molecule has 0 bridgehead atoms. The summed E-state index contributed by atoms with van der Waals surface area (Å²) >= 11 is 0. The number of carboxylic acid groups (broad SMARTS) is 1. The average molecular weight is 302 g/mol. The highest BCUT2D eigenvalue weighted by Crippen LogP contribution is 2.18. The van der Waals surface area contributed by atoms with Gasteiger partial charge in [-0.15, -0.1) is 0 Å². The summed E-state index contributed by atoms with van der Waals surface area (Å²) in [5.41, 5.74) is 1.98. The maximum Gasteiger partial charge on any atom is 0.323 e. The minimum Gasteiger partial charge on any atom is -0.481 e. The molecule has 0 aliphatic carbocycles. The predicted molar refractivity (Wildman–Crippen MR) is 81.6 cm³/mol. The Kier molecular flexibility index (Phi) is 4.73. The molecule has 2 aromatic rings. The van der Waals surface area contributed by atoms with Crippen LogP contribution in [0.4, 0.5) is 20.6 Å². The summed E-state index contributed by atoms with van der Waals surface area (Å²) in [5.74, 6) is -1.44. The number of aliphatic carboxylic acids is 1. The van der Waals surface area contributed by atoms with Crippen LogP contribution < -0.4 is 10.6 Å². The number of carbonyl (C=O) groups is 2. The van der Waals surface area contributed by atoms with Gasteiger partial charge in [-0.3, -0.25) is 4.79 Å². The van der Waals surface area contributed by atoms with Crippen molar-refractivity contribution in [3.63, 3.8) is 0 Å². The van der Waals surface area contributed by atoms with E-state index in [0.717, 1.165) is 5.56 Å². The Morgan fingerprint density at radius 3 is 2.41 bits per heavy atom. The van der Waals surface area contributed by atoms with E-state index in [1.807, 2.05) is 0 Å². The Morgan fingerprint density at radius 2 is 1.77 bits per heavy atom. The minimum absolute atomic E-state index is 0.0808. The van der Waals surface area contributed by atoms with Crippen molar-refractivity contribution in [2.24, 2.45) is 0 Å². The fourth-order valence-electron chi connectivity index (χ4n) is 1.99. The lowest BCUT2D eigenvalue weighted by molar-refractivity contribution is -0.136. The SMILES string of the molecule is Cc1cc(CC(=O)O)ccc1NC(=O)Nc1ccccc1F. The van der Waals surface area contributed by atoms with Crippen LogP contribution in [-0.4, -0.2) is 17.1 Å². The summed E-state index contributed by atoms with van der Waals surface area (Å²) in [6, 6.07) is 10.2. The minimum atomic E-state index is -0.919. The molecular formula is C16H15FN2O3. The van der Waals surface area contributed by atoms with Gasteiger partial charge in [-0.05, 0) is 36.2 Å². The monoisotopic (exact) mass is 302 g/mol. The molecule has 0 aliphatic rings. The second kappa shape index (κ2) is 6.71. The highest BCUT2D eigenvalue weighted by atomic mass is 19.1. The van der Waals surface area contributed by atoms with Crippen molar-refractivity contribution in [2.45, 2.75) is 13.3 Å². The molecule has 5 nitrogen and oxygen atoms in total. The summed E-state index contributed by atoms with van der Waals surface area (Å²) in [6.07, 6.45) is -0.0808. The molecule has 0 unspecified atom stereocenters. The molecular weight excluding hydrogens is 287 g/mol. The Morgan fingerprint density at radius 1 is 1.09 bits per heavy atom. The molecule has 2 amide bonds. The van der Waals surface area contributed by atoms with Gasteiger partial charge in [0, 0.05) is 5.69 Å². The van der Waals surface area contributed by atoms with Gasteiger partial charge < -0.3 is 15.7 Å². The first kappa shape index (κ1) is 15.5. The normalized spacial score (nSPS) is 10.1. The number of nitrogens with one attached hydrogen (secondary N) is 2. The topological polar surface area (TPSA) is 78.4 Å². The number of aryl methyl sites for hydroxylation is 1. The zero-order valence-corrected chi connectivity index (χ0v) is 11.9. The van der Waals surface area contributed by atoms with Crippen LogP contribution >= 0.6 is 0 Å². The Hall–Kier alpha value is -2.89. The van der Waals surface area contributed by atoms with E-state index in [-0.39, 0.29) is 12.1 Å². The number of amides is 2. The van der Waals surface area contributed by atoms with Crippen molar-refractivity contribution in [2.75, 3.05) is 10.6 Å². The van der Waals surface area contributed by atoms with Crippen molar-refractivity contribution in [3.8, 4) is 0 Å². The van der Waals surface area contributed by atoms with E-state index in [9.17, 15) is 14.0 Å². The molecule has 6 heteroatoms. The first-order valence-electron chi connectivity index (χ1n) is 6.59. The molecule has 0 saturated carbocycles. The molecule has 0 saturated heterocycles. The largest absolute Gasteiger partial charge is 0.481 e.